The first kappa shape index (κ1) is 12.6. The Morgan fingerprint density at radius 1 is 1.06 bits per heavy atom. The van der Waals surface area contributed by atoms with E-state index in [4.69, 9.17) is 16.2 Å². The van der Waals surface area contributed by atoms with Crippen LogP contribution in [0.1, 0.15) is 0 Å². The normalized spacial score (nSPS) is 10.1. The van der Waals surface area contributed by atoms with Gasteiger partial charge < -0.3 is 21.5 Å². The van der Waals surface area contributed by atoms with E-state index in [-0.39, 0.29) is 0 Å². The molecule has 18 heavy (non-hydrogen) atoms. The van der Waals surface area contributed by atoms with E-state index in [0.29, 0.717) is 11.4 Å². The highest BCUT2D eigenvalue weighted by Crippen LogP contribution is 2.31. The van der Waals surface area contributed by atoms with E-state index in [1.165, 1.54) is 0 Å². The predicted octanol–water partition coefficient (Wildman–Crippen LogP) is 3.37. The summed E-state index contributed by atoms with van der Waals surface area (Å²) in [6.45, 7) is 0. The van der Waals surface area contributed by atoms with Crippen molar-refractivity contribution in [3.8, 4) is 5.75 Å². The molecule has 0 bridgehead atoms. The maximum absolute atomic E-state index is 5.77. The van der Waals surface area contributed by atoms with Gasteiger partial charge in [-0.15, -0.1) is 0 Å². The Morgan fingerprint density at radius 2 is 1.83 bits per heavy atom. The zero-order chi connectivity index (χ0) is 13.1. The first-order valence-electron chi connectivity index (χ1n) is 5.35. The maximum Gasteiger partial charge on any atom is 0.142 e. The van der Waals surface area contributed by atoms with Crippen molar-refractivity contribution in [2.45, 2.75) is 0 Å². The van der Waals surface area contributed by atoms with Crippen LogP contribution in [-0.2, 0) is 0 Å². The Kier molecular flexibility index (Phi) is 3.62. The lowest BCUT2D eigenvalue weighted by molar-refractivity contribution is 0.417. The Labute approximate surface area is 114 Å². The second kappa shape index (κ2) is 5.18. The molecule has 0 atom stereocenters. The van der Waals surface area contributed by atoms with Crippen LogP contribution in [0.3, 0.4) is 0 Å². The fourth-order valence-corrected chi connectivity index (χ4v) is 1.95. The quantitative estimate of drug-likeness (QED) is 0.760. The number of halogens is 1. The molecule has 2 aromatic carbocycles. The number of ether oxygens (including phenoxy) is 1. The number of nitrogens with two attached hydrogens (primary N) is 2. The lowest BCUT2D eigenvalue weighted by Crippen LogP contribution is -1.98. The SMILES string of the molecule is COc1ccc(Br)cc1Nc1ccc(N)c(N)c1. The number of nitrogen functional groups attached to an aromatic ring is 2. The van der Waals surface area contributed by atoms with Gasteiger partial charge in [0, 0.05) is 10.2 Å². The highest BCUT2D eigenvalue weighted by atomic mass is 79.9. The summed E-state index contributed by atoms with van der Waals surface area (Å²) in [5, 5.41) is 3.24. The molecular formula is C13H14BrN3O. The van der Waals surface area contributed by atoms with Crippen molar-refractivity contribution in [2.75, 3.05) is 23.9 Å². The summed E-state index contributed by atoms with van der Waals surface area (Å²) >= 11 is 3.42. The van der Waals surface area contributed by atoms with Crippen molar-refractivity contribution in [1.82, 2.24) is 0 Å². The highest BCUT2D eigenvalue weighted by Gasteiger charge is 2.05. The van der Waals surface area contributed by atoms with Gasteiger partial charge in [0.15, 0.2) is 0 Å². The van der Waals surface area contributed by atoms with Gasteiger partial charge in [0.05, 0.1) is 24.2 Å². The van der Waals surface area contributed by atoms with Crippen LogP contribution in [0, 0.1) is 0 Å². The molecule has 5 heteroatoms. The number of nitrogens with one attached hydrogen (secondary N) is 1. The fraction of sp³-hybridized carbons (Fsp3) is 0.0769. The standard InChI is InChI=1S/C13H14BrN3O/c1-18-13-5-2-8(14)6-12(13)17-9-3-4-10(15)11(16)7-9/h2-7,17H,15-16H2,1H3. The smallest absolute Gasteiger partial charge is 0.142 e. The number of benzene rings is 2. The summed E-state index contributed by atoms with van der Waals surface area (Å²) in [4.78, 5) is 0. The van der Waals surface area contributed by atoms with E-state index in [1.807, 2.05) is 24.3 Å². The molecule has 2 aromatic rings. The summed E-state index contributed by atoms with van der Waals surface area (Å²) < 4.78 is 6.25. The lowest BCUT2D eigenvalue weighted by Gasteiger charge is -2.12. The molecule has 0 amide bonds. The van der Waals surface area contributed by atoms with Crippen LogP contribution in [0.25, 0.3) is 0 Å². The van der Waals surface area contributed by atoms with Gasteiger partial charge in [0.2, 0.25) is 0 Å². The third-order valence-corrected chi connectivity index (χ3v) is 3.02. The lowest BCUT2D eigenvalue weighted by atomic mass is 10.2. The van der Waals surface area contributed by atoms with Crippen molar-refractivity contribution in [1.29, 1.82) is 0 Å². The maximum atomic E-state index is 5.77. The second-order valence-electron chi connectivity index (χ2n) is 3.81. The van der Waals surface area contributed by atoms with E-state index in [2.05, 4.69) is 21.2 Å². The minimum absolute atomic E-state index is 0.550. The predicted molar refractivity (Wildman–Crippen MR) is 79.2 cm³/mol. The molecule has 0 radical (unpaired) electrons. The molecule has 0 saturated heterocycles. The molecule has 4 nitrogen and oxygen atoms in total. The van der Waals surface area contributed by atoms with Crippen LogP contribution in [0.15, 0.2) is 40.9 Å². The van der Waals surface area contributed by atoms with Gasteiger partial charge in [-0.3, -0.25) is 0 Å². The van der Waals surface area contributed by atoms with Gasteiger partial charge in [0.25, 0.3) is 0 Å². The molecule has 0 aliphatic carbocycles. The molecule has 94 valence electrons. The average Bonchev–Trinajstić information content (AvgIpc) is 2.34. The molecule has 0 aromatic heterocycles. The average molecular weight is 308 g/mol. The molecular weight excluding hydrogens is 294 g/mol. The van der Waals surface area contributed by atoms with E-state index in [0.717, 1.165) is 21.6 Å². The highest BCUT2D eigenvalue weighted by molar-refractivity contribution is 9.10. The Morgan fingerprint density at radius 3 is 2.50 bits per heavy atom. The number of methoxy groups -OCH3 is 1. The van der Waals surface area contributed by atoms with Gasteiger partial charge >= 0.3 is 0 Å². The van der Waals surface area contributed by atoms with Gasteiger partial charge in [-0.1, -0.05) is 15.9 Å². The number of hydrogen-bond donors (Lipinski definition) is 3. The molecule has 0 heterocycles. The largest absolute Gasteiger partial charge is 0.495 e. The van der Waals surface area contributed by atoms with Crippen LogP contribution in [0.4, 0.5) is 22.7 Å². The summed E-state index contributed by atoms with van der Waals surface area (Å²) in [7, 11) is 1.63. The molecule has 2 rings (SSSR count). The van der Waals surface area contributed by atoms with E-state index >= 15 is 0 Å². The van der Waals surface area contributed by atoms with Gasteiger partial charge in [0.1, 0.15) is 5.75 Å². The molecule has 0 aliphatic rings. The fourth-order valence-electron chi connectivity index (χ4n) is 1.59. The number of rotatable bonds is 3. The van der Waals surface area contributed by atoms with Crippen LogP contribution in [0.5, 0.6) is 5.75 Å². The first-order chi connectivity index (χ1) is 8.60. The zero-order valence-corrected chi connectivity index (χ0v) is 11.5. The van der Waals surface area contributed by atoms with Gasteiger partial charge in [-0.2, -0.15) is 0 Å². The Bertz CT molecular complexity index is 572. The first-order valence-corrected chi connectivity index (χ1v) is 6.15. The van der Waals surface area contributed by atoms with Gasteiger partial charge in [-0.25, -0.2) is 0 Å². The molecule has 0 fully saturated rings. The molecule has 0 saturated carbocycles. The van der Waals surface area contributed by atoms with E-state index < -0.39 is 0 Å². The van der Waals surface area contributed by atoms with Crippen LogP contribution < -0.4 is 21.5 Å². The van der Waals surface area contributed by atoms with Crippen LogP contribution >= 0.6 is 15.9 Å². The zero-order valence-electron chi connectivity index (χ0n) is 9.91. The third kappa shape index (κ3) is 2.68. The summed E-state index contributed by atoms with van der Waals surface area (Å²) in [5.74, 6) is 0.758. The van der Waals surface area contributed by atoms with Crippen LogP contribution in [0.2, 0.25) is 0 Å². The minimum Gasteiger partial charge on any atom is -0.495 e. The van der Waals surface area contributed by atoms with Crippen molar-refractivity contribution < 1.29 is 4.74 Å². The third-order valence-electron chi connectivity index (χ3n) is 2.53. The molecule has 0 spiro atoms. The minimum atomic E-state index is 0.550. The van der Waals surface area contributed by atoms with Crippen molar-refractivity contribution >= 4 is 38.7 Å². The molecule has 5 N–H and O–H groups in total. The molecule has 0 unspecified atom stereocenters. The van der Waals surface area contributed by atoms with Crippen molar-refractivity contribution in [2.24, 2.45) is 0 Å². The van der Waals surface area contributed by atoms with Crippen LogP contribution in [-0.4, -0.2) is 7.11 Å². The van der Waals surface area contributed by atoms with Gasteiger partial charge in [-0.05, 0) is 36.4 Å². The number of anilines is 4. The monoisotopic (exact) mass is 307 g/mol. The van der Waals surface area contributed by atoms with Crippen molar-refractivity contribution in [3.63, 3.8) is 0 Å². The summed E-state index contributed by atoms with van der Waals surface area (Å²) in [6.07, 6.45) is 0. The Hall–Kier alpha value is -1.88. The second-order valence-corrected chi connectivity index (χ2v) is 4.73. The number of hydrogen-bond acceptors (Lipinski definition) is 4. The molecule has 0 aliphatic heterocycles. The Balaban J connectivity index is 2.33. The summed E-state index contributed by atoms with van der Waals surface area (Å²) in [5.41, 5.74) is 14.3. The summed E-state index contributed by atoms with van der Waals surface area (Å²) in [6, 6.07) is 11.2. The van der Waals surface area contributed by atoms with E-state index in [9.17, 15) is 0 Å². The van der Waals surface area contributed by atoms with E-state index in [1.54, 1.807) is 19.2 Å². The van der Waals surface area contributed by atoms with Crippen molar-refractivity contribution in [3.05, 3.63) is 40.9 Å². The topological polar surface area (TPSA) is 73.3 Å².